The van der Waals surface area contributed by atoms with Crippen molar-refractivity contribution in [2.75, 3.05) is 26.2 Å². The first-order valence-corrected chi connectivity index (χ1v) is 4.33. The fourth-order valence-corrected chi connectivity index (χ4v) is 0.988. The standard InChI is InChI=1S/C9H19NO2/c1-3-5-10(7-8-11)6-4-9(2)12/h3,9,11-12H,1,4-8H2,2H3. The van der Waals surface area contributed by atoms with Crippen LogP contribution in [0.15, 0.2) is 12.7 Å². The SMILES string of the molecule is C=CCN(CCO)CCC(C)O. The van der Waals surface area contributed by atoms with Gasteiger partial charge in [0.15, 0.2) is 0 Å². The molecule has 0 amide bonds. The van der Waals surface area contributed by atoms with Gasteiger partial charge in [-0.3, -0.25) is 4.90 Å². The maximum Gasteiger partial charge on any atom is 0.0558 e. The molecule has 0 radical (unpaired) electrons. The second-order valence-corrected chi connectivity index (χ2v) is 2.95. The minimum absolute atomic E-state index is 0.160. The maximum atomic E-state index is 9.02. The van der Waals surface area contributed by atoms with Gasteiger partial charge in [0, 0.05) is 19.6 Å². The van der Waals surface area contributed by atoms with Crippen LogP contribution >= 0.6 is 0 Å². The Hall–Kier alpha value is -0.380. The molecule has 0 heterocycles. The monoisotopic (exact) mass is 173 g/mol. The smallest absolute Gasteiger partial charge is 0.0558 e. The van der Waals surface area contributed by atoms with E-state index in [0.29, 0.717) is 6.54 Å². The molecule has 0 aromatic heterocycles. The molecule has 0 aliphatic carbocycles. The molecule has 12 heavy (non-hydrogen) atoms. The largest absolute Gasteiger partial charge is 0.395 e. The number of nitrogens with zero attached hydrogens (tertiary/aromatic N) is 1. The van der Waals surface area contributed by atoms with Crippen molar-refractivity contribution in [1.29, 1.82) is 0 Å². The summed E-state index contributed by atoms with van der Waals surface area (Å²) in [6, 6.07) is 0. The molecule has 0 fully saturated rings. The third-order valence-corrected chi connectivity index (χ3v) is 1.67. The van der Waals surface area contributed by atoms with Crippen LogP contribution < -0.4 is 0 Å². The molecule has 0 saturated carbocycles. The van der Waals surface area contributed by atoms with E-state index in [9.17, 15) is 0 Å². The zero-order valence-corrected chi connectivity index (χ0v) is 7.74. The van der Waals surface area contributed by atoms with Gasteiger partial charge in [-0.15, -0.1) is 6.58 Å². The minimum atomic E-state index is -0.268. The van der Waals surface area contributed by atoms with E-state index in [0.717, 1.165) is 19.5 Å². The third-order valence-electron chi connectivity index (χ3n) is 1.67. The summed E-state index contributed by atoms with van der Waals surface area (Å²) in [5, 5.41) is 17.7. The maximum absolute atomic E-state index is 9.02. The number of hydrogen-bond acceptors (Lipinski definition) is 3. The average molecular weight is 173 g/mol. The van der Waals surface area contributed by atoms with Crippen molar-refractivity contribution < 1.29 is 10.2 Å². The van der Waals surface area contributed by atoms with E-state index in [4.69, 9.17) is 10.2 Å². The summed E-state index contributed by atoms with van der Waals surface area (Å²) in [6.07, 6.45) is 2.28. The van der Waals surface area contributed by atoms with Gasteiger partial charge in [-0.1, -0.05) is 6.08 Å². The lowest BCUT2D eigenvalue weighted by atomic mass is 10.2. The molecule has 3 nitrogen and oxygen atoms in total. The van der Waals surface area contributed by atoms with Gasteiger partial charge < -0.3 is 10.2 Å². The van der Waals surface area contributed by atoms with Crippen molar-refractivity contribution in [3.63, 3.8) is 0 Å². The van der Waals surface area contributed by atoms with E-state index >= 15 is 0 Å². The summed E-state index contributed by atoms with van der Waals surface area (Å²) >= 11 is 0. The van der Waals surface area contributed by atoms with Crippen LogP contribution in [0.5, 0.6) is 0 Å². The summed E-state index contributed by atoms with van der Waals surface area (Å²) < 4.78 is 0. The van der Waals surface area contributed by atoms with Crippen LogP contribution in [0, 0.1) is 0 Å². The van der Waals surface area contributed by atoms with Crippen LogP contribution in [0.1, 0.15) is 13.3 Å². The van der Waals surface area contributed by atoms with Gasteiger partial charge in [-0.25, -0.2) is 0 Å². The van der Waals surface area contributed by atoms with E-state index < -0.39 is 0 Å². The van der Waals surface area contributed by atoms with Crippen molar-refractivity contribution in [2.24, 2.45) is 0 Å². The Kier molecular flexibility index (Phi) is 7.05. The molecule has 0 aromatic carbocycles. The number of aliphatic hydroxyl groups is 2. The second kappa shape index (κ2) is 7.28. The Bertz CT molecular complexity index is 115. The van der Waals surface area contributed by atoms with Crippen LogP contribution in [-0.4, -0.2) is 47.5 Å². The predicted molar refractivity (Wildman–Crippen MR) is 50.0 cm³/mol. The lowest BCUT2D eigenvalue weighted by molar-refractivity contribution is 0.148. The first-order valence-electron chi connectivity index (χ1n) is 4.33. The molecule has 0 aromatic rings. The van der Waals surface area contributed by atoms with Crippen LogP contribution in [0.2, 0.25) is 0 Å². The van der Waals surface area contributed by atoms with Gasteiger partial charge in [0.25, 0.3) is 0 Å². The highest BCUT2D eigenvalue weighted by Gasteiger charge is 2.03. The molecule has 1 atom stereocenters. The van der Waals surface area contributed by atoms with Gasteiger partial charge >= 0.3 is 0 Å². The van der Waals surface area contributed by atoms with Crippen molar-refractivity contribution >= 4 is 0 Å². The van der Waals surface area contributed by atoms with Crippen molar-refractivity contribution in [3.05, 3.63) is 12.7 Å². The highest BCUT2D eigenvalue weighted by molar-refractivity contribution is 4.73. The molecule has 72 valence electrons. The highest BCUT2D eigenvalue weighted by atomic mass is 16.3. The summed E-state index contributed by atoms with van der Waals surface area (Å²) in [6.45, 7) is 7.79. The third kappa shape index (κ3) is 6.34. The molecular weight excluding hydrogens is 154 g/mol. The summed E-state index contributed by atoms with van der Waals surface area (Å²) in [5.41, 5.74) is 0. The molecule has 0 spiro atoms. The minimum Gasteiger partial charge on any atom is -0.395 e. The predicted octanol–water partition coefficient (Wildman–Crippen LogP) is 0.238. The highest BCUT2D eigenvalue weighted by Crippen LogP contribution is 1.95. The summed E-state index contributed by atoms with van der Waals surface area (Å²) in [5.74, 6) is 0. The van der Waals surface area contributed by atoms with Crippen LogP contribution in [0.3, 0.4) is 0 Å². The van der Waals surface area contributed by atoms with Gasteiger partial charge in [0.05, 0.1) is 12.7 Å². The second-order valence-electron chi connectivity index (χ2n) is 2.95. The zero-order chi connectivity index (χ0) is 9.40. The quantitative estimate of drug-likeness (QED) is 0.542. The lowest BCUT2D eigenvalue weighted by Gasteiger charge is -2.19. The van der Waals surface area contributed by atoms with E-state index in [1.165, 1.54) is 0 Å². The molecule has 0 aliphatic heterocycles. The molecule has 0 bridgehead atoms. The molecule has 0 saturated heterocycles. The number of aliphatic hydroxyl groups excluding tert-OH is 2. The van der Waals surface area contributed by atoms with Gasteiger partial charge in [0.2, 0.25) is 0 Å². The average Bonchev–Trinajstić information content (AvgIpc) is 2.01. The van der Waals surface area contributed by atoms with Crippen molar-refractivity contribution in [3.8, 4) is 0 Å². The first-order chi connectivity index (χ1) is 5.70. The Morgan fingerprint density at radius 2 is 2.17 bits per heavy atom. The van der Waals surface area contributed by atoms with E-state index in [1.54, 1.807) is 13.0 Å². The molecule has 3 heteroatoms. The van der Waals surface area contributed by atoms with Gasteiger partial charge in [-0.2, -0.15) is 0 Å². The zero-order valence-electron chi connectivity index (χ0n) is 7.74. The summed E-state index contributed by atoms with van der Waals surface area (Å²) in [4.78, 5) is 2.06. The van der Waals surface area contributed by atoms with Crippen LogP contribution in [0.25, 0.3) is 0 Å². The van der Waals surface area contributed by atoms with E-state index in [-0.39, 0.29) is 12.7 Å². The molecule has 1 unspecified atom stereocenters. The normalized spacial score (nSPS) is 13.3. The lowest BCUT2D eigenvalue weighted by Crippen LogP contribution is -2.29. The number of hydrogen-bond donors (Lipinski definition) is 2. The molecular formula is C9H19NO2. The molecule has 2 N–H and O–H groups in total. The first kappa shape index (κ1) is 11.6. The Balaban J connectivity index is 3.54. The fraction of sp³-hybridized carbons (Fsp3) is 0.778. The van der Waals surface area contributed by atoms with E-state index in [2.05, 4.69) is 11.5 Å². The van der Waals surface area contributed by atoms with Crippen LogP contribution in [0.4, 0.5) is 0 Å². The fourth-order valence-electron chi connectivity index (χ4n) is 0.988. The van der Waals surface area contributed by atoms with Crippen molar-refractivity contribution in [1.82, 2.24) is 4.90 Å². The van der Waals surface area contributed by atoms with Crippen LogP contribution in [-0.2, 0) is 0 Å². The van der Waals surface area contributed by atoms with E-state index in [1.807, 2.05) is 0 Å². The molecule has 0 rings (SSSR count). The van der Waals surface area contributed by atoms with Gasteiger partial charge in [-0.05, 0) is 13.3 Å². The Morgan fingerprint density at radius 3 is 2.58 bits per heavy atom. The molecule has 0 aliphatic rings. The topological polar surface area (TPSA) is 43.7 Å². The van der Waals surface area contributed by atoms with Crippen molar-refractivity contribution in [2.45, 2.75) is 19.4 Å². The van der Waals surface area contributed by atoms with Gasteiger partial charge in [0.1, 0.15) is 0 Å². The summed E-state index contributed by atoms with van der Waals surface area (Å²) in [7, 11) is 0. The number of rotatable bonds is 7. The Morgan fingerprint density at radius 1 is 1.50 bits per heavy atom. The Labute approximate surface area is 74.3 Å².